The number of ether oxygens (including phenoxy) is 1. The Balaban J connectivity index is 2.22. The van der Waals surface area contributed by atoms with E-state index in [4.69, 9.17) is 21.4 Å². The zero-order valence-electron chi connectivity index (χ0n) is 9.55. The first-order valence-corrected chi connectivity index (χ1v) is 5.57. The van der Waals surface area contributed by atoms with Crippen LogP contribution in [0, 0.1) is 6.92 Å². The van der Waals surface area contributed by atoms with Gasteiger partial charge < -0.3 is 9.84 Å². The molecule has 0 unspecified atom stereocenters. The lowest BCUT2D eigenvalue weighted by Gasteiger charge is -2.07. The van der Waals surface area contributed by atoms with Gasteiger partial charge in [-0.15, -0.1) is 0 Å². The third-order valence-electron chi connectivity index (χ3n) is 2.35. The molecule has 0 aliphatic rings. The van der Waals surface area contributed by atoms with Crippen LogP contribution in [-0.2, 0) is 0 Å². The van der Waals surface area contributed by atoms with Gasteiger partial charge in [-0.05, 0) is 36.8 Å². The third-order valence-corrected chi connectivity index (χ3v) is 2.57. The summed E-state index contributed by atoms with van der Waals surface area (Å²) in [6.07, 6.45) is 1.48. The van der Waals surface area contributed by atoms with Crippen LogP contribution in [0.4, 0.5) is 0 Å². The van der Waals surface area contributed by atoms with Gasteiger partial charge in [-0.3, -0.25) is 0 Å². The zero-order chi connectivity index (χ0) is 13.1. The Morgan fingerprint density at radius 2 is 2.11 bits per heavy atom. The highest BCUT2D eigenvalue weighted by Gasteiger charge is 2.08. The van der Waals surface area contributed by atoms with Crippen LogP contribution in [0.5, 0.6) is 11.6 Å². The molecule has 5 heteroatoms. The maximum atomic E-state index is 10.9. The van der Waals surface area contributed by atoms with E-state index in [0.29, 0.717) is 22.2 Å². The molecule has 1 aromatic heterocycles. The first-order valence-electron chi connectivity index (χ1n) is 5.19. The van der Waals surface area contributed by atoms with Crippen molar-refractivity contribution in [1.29, 1.82) is 0 Å². The lowest BCUT2D eigenvalue weighted by atomic mass is 10.1. The van der Waals surface area contributed by atoms with Gasteiger partial charge in [-0.1, -0.05) is 11.6 Å². The Morgan fingerprint density at radius 1 is 1.33 bits per heavy atom. The molecular formula is C13H10ClNO3. The smallest absolute Gasteiger partial charge is 0.335 e. The minimum Gasteiger partial charge on any atom is -0.478 e. The van der Waals surface area contributed by atoms with E-state index >= 15 is 0 Å². The number of halogens is 1. The molecule has 18 heavy (non-hydrogen) atoms. The molecule has 1 heterocycles. The second kappa shape index (κ2) is 5.06. The second-order valence-electron chi connectivity index (χ2n) is 3.70. The summed E-state index contributed by atoms with van der Waals surface area (Å²) < 4.78 is 5.49. The summed E-state index contributed by atoms with van der Waals surface area (Å²) in [7, 11) is 0. The van der Waals surface area contributed by atoms with Gasteiger partial charge in [0.05, 0.1) is 10.6 Å². The molecule has 0 radical (unpaired) electrons. The number of benzene rings is 1. The van der Waals surface area contributed by atoms with Crippen molar-refractivity contribution in [2.24, 2.45) is 0 Å². The molecule has 92 valence electrons. The minimum atomic E-state index is -0.955. The van der Waals surface area contributed by atoms with Crippen molar-refractivity contribution in [3.63, 3.8) is 0 Å². The molecule has 0 aliphatic carbocycles. The summed E-state index contributed by atoms with van der Waals surface area (Å²) in [4.78, 5) is 14.9. The van der Waals surface area contributed by atoms with Gasteiger partial charge in [0, 0.05) is 12.3 Å². The van der Waals surface area contributed by atoms with Crippen LogP contribution in [0.2, 0.25) is 5.02 Å². The fraction of sp³-hybridized carbons (Fsp3) is 0.0769. The van der Waals surface area contributed by atoms with Crippen molar-refractivity contribution in [3.8, 4) is 11.6 Å². The van der Waals surface area contributed by atoms with E-state index in [1.807, 2.05) is 0 Å². The molecule has 0 saturated carbocycles. The Morgan fingerprint density at radius 3 is 2.67 bits per heavy atom. The monoisotopic (exact) mass is 263 g/mol. The molecule has 0 aliphatic heterocycles. The quantitative estimate of drug-likeness (QED) is 0.920. The Hall–Kier alpha value is -2.07. The molecule has 2 aromatic rings. The van der Waals surface area contributed by atoms with Crippen LogP contribution in [-0.4, -0.2) is 16.1 Å². The fourth-order valence-electron chi connectivity index (χ4n) is 1.48. The Bertz CT molecular complexity index is 581. The van der Waals surface area contributed by atoms with Gasteiger partial charge in [0.1, 0.15) is 5.75 Å². The molecule has 0 spiro atoms. The highest BCUT2D eigenvalue weighted by molar-refractivity contribution is 6.30. The van der Waals surface area contributed by atoms with Gasteiger partial charge in [0.15, 0.2) is 0 Å². The van der Waals surface area contributed by atoms with Crippen molar-refractivity contribution >= 4 is 17.6 Å². The van der Waals surface area contributed by atoms with Crippen molar-refractivity contribution in [2.75, 3.05) is 0 Å². The van der Waals surface area contributed by atoms with Crippen LogP contribution < -0.4 is 4.74 Å². The number of carbonyl (C=O) groups is 1. The van der Waals surface area contributed by atoms with Gasteiger partial charge in [0.2, 0.25) is 5.88 Å². The van der Waals surface area contributed by atoms with Crippen LogP contribution in [0.1, 0.15) is 15.9 Å². The van der Waals surface area contributed by atoms with Crippen molar-refractivity contribution in [3.05, 3.63) is 52.7 Å². The summed E-state index contributed by atoms with van der Waals surface area (Å²) >= 11 is 5.71. The average Bonchev–Trinajstić information content (AvgIpc) is 2.32. The van der Waals surface area contributed by atoms with E-state index in [0.717, 1.165) is 0 Å². The molecule has 2 rings (SSSR count). The van der Waals surface area contributed by atoms with Crippen molar-refractivity contribution in [2.45, 2.75) is 6.92 Å². The summed E-state index contributed by atoms with van der Waals surface area (Å²) in [5.41, 5.74) is 0.889. The van der Waals surface area contributed by atoms with Crippen LogP contribution >= 0.6 is 11.6 Å². The molecule has 0 fully saturated rings. The van der Waals surface area contributed by atoms with Crippen LogP contribution in [0.25, 0.3) is 0 Å². The average molecular weight is 264 g/mol. The van der Waals surface area contributed by atoms with E-state index < -0.39 is 5.97 Å². The number of aromatic nitrogens is 1. The summed E-state index contributed by atoms with van der Waals surface area (Å²) in [5.74, 6) is -0.0159. The molecule has 0 atom stereocenters. The van der Waals surface area contributed by atoms with E-state index in [1.54, 1.807) is 31.2 Å². The number of aromatic carboxylic acids is 1. The first-order chi connectivity index (χ1) is 8.56. The number of carboxylic acids is 1. The minimum absolute atomic E-state index is 0.256. The number of carboxylic acid groups (broad SMARTS) is 1. The van der Waals surface area contributed by atoms with Gasteiger partial charge in [-0.25, -0.2) is 9.78 Å². The standard InChI is InChI=1S/C13H10ClNO3/c1-8-6-10(3-4-11(8)13(16)17)18-12-5-2-9(14)7-15-12/h2-7H,1H3,(H,16,17). The van der Waals surface area contributed by atoms with Gasteiger partial charge in [0.25, 0.3) is 0 Å². The maximum absolute atomic E-state index is 10.9. The number of pyridine rings is 1. The summed E-state index contributed by atoms with van der Waals surface area (Å²) in [6, 6.07) is 8.06. The molecular weight excluding hydrogens is 254 g/mol. The molecule has 1 N–H and O–H groups in total. The van der Waals surface area contributed by atoms with E-state index in [9.17, 15) is 4.79 Å². The number of nitrogens with zero attached hydrogens (tertiary/aromatic N) is 1. The van der Waals surface area contributed by atoms with Gasteiger partial charge >= 0.3 is 5.97 Å². The topological polar surface area (TPSA) is 59.4 Å². The zero-order valence-corrected chi connectivity index (χ0v) is 10.3. The molecule has 0 amide bonds. The SMILES string of the molecule is Cc1cc(Oc2ccc(Cl)cn2)ccc1C(=O)O. The molecule has 4 nitrogen and oxygen atoms in total. The lowest BCUT2D eigenvalue weighted by Crippen LogP contribution is -1.99. The lowest BCUT2D eigenvalue weighted by molar-refractivity contribution is 0.0696. The Kier molecular flexibility index (Phi) is 3.48. The number of rotatable bonds is 3. The van der Waals surface area contributed by atoms with Crippen LogP contribution in [0.15, 0.2) is 36.5 Å². The Labute approximate surface area is 109 Å². The highest BCUT2D eigenvalue weighted by Crippen LogP contribution is 2.23. The third kappa shape index (κ3) is 2.78. The molecule has 1 aromatic carbocycles. The van der Waals surface area contributed by atoms with E-state index in [1.165, 1.54) is 12.3 Å². The van der Waals surface area contributed by atoms with Crippen LogP contribution in [0.3, 0.4) is 0 Å². The second-order valence-corrected chi connectivity index (χ2v) is 4.14. The summed E-state index contributed by atoms with van der Waals surface area (Å²) in [6.45, 7) is 1.71. The predicted octanol–water partition coefficient (Wildman–Crippen LogP) is 3.53. The van der Waals surface area contributed by atoms with E-state index in [-0.39, 0.29) is 5.56 Å². The maximum Gasteiger partial charge on any atom is 0.335 e. The highest BCUT2D eigenvalue weighted by atomic mass is 35.5. The number of hydrogen-bond acceptors (Lipinski definition) is 3. The first kappa shape index (κ1) is 12.4. The predicted molar refractivity (Wildman–Crippen MR) is 67.5 cm³/mol. The molecule has 0 bridgehead atoms. The largest absolute Gasteiger partial charge is 0.478 e. The summed E-state index contributed by atoms with van der Waals surface area (Å²) in [5, 5.41) is 9.44. The van der Waals surface area contributed by atoms with Crippen molar-refractivity contribution < 1.29 is 14.6 Å². The molecule has 0 saturated heterocycles. The van der Waals surface area contributed by atoms with E-state index in [2.05, 4.69) is 4.98 Å². The number of aryl methyl sites for hydroxylation is 1. The normalized spacial score (nSPS) is 10.1. The number of hydrogen-bond donors (Lipinski definition) is 1. The fourth-order valence-corrected chi connectivity index (χ4v) is 1.59. The van der Waals surface area contributed by atoms with Crippen molar-refractivity contribution in [1.82, 2.24) is 4.98 Å². The van der Waals surface area contributed by atoms with Gasteiger partial charge in [-0.2, -0.15) is 0 Å².